The first-order valence-corrected chi connectivity index (χ1v) is 2.50. The first-order chi connectivity index (χ1) is 3.30. The molecule has 7 heavy (non-hydrogen) atoms. The van der Waals surface area contributed by atoms with E-state index in [0.717, 1.165) is 18.4 Å². The standard InChI is InChI=1S/C6H8O/c1-5(7)6-3-2-4-6/h3H,2,4H2,1H3. The average molecular weight is 96.1 g/mol. The van der Waals surface area contributed by atoms with Crippen LogP contribution in [-0.2, 0) is 4.79 Å². The first-order valence-electron chi connectivity index (χ1n) is 2.50. The fourth-order valence-corrected chi connectivity index (χ4v) is 0.608. The summed E-state index contributed by atoms with van der Waals surface area (Å²) in [6, 6.07) is 0. The van der Waals surface area contributed by atoms with Crippen LogP contribution in [0.5, 0.6) is 0 Å². The molecule has 0 aromatic carbocycles. The number of Topliss-reactive ketones (excluding diaryl/α,β-unsaturated/α-hetero) is 1. The second-order valence-corrected chi connectivity index (χ2v) is 1.82. The number of rotatable bonds is 1. The lowest BCUT2D eigenvalue weighted by atomic mass is 9.96. The van der Waals surface area contributed by atoms with E-state index < -0.39 is 0 Å². The van der Waals surface area contributed by atoms with Crippen molar-refractivity contribution >= 4 is 5.78 Å². The van der Waals surface area contributed by atoms with Crippen LogP contribution in [-0.4, -0.2) is 5.78 Å². The van der Waals surface area contributed by atoms with Crippen molar-refractivity contribution in [3.05, 3.63) is 11.6 Å². The fraction of sp³-hybridized carbons (Fsp3) is 0.500. The van der Waals surface area contributed by atoms with Gasteiger partial charge in [-0.15, -0.1) is 0 Å². The van der Waals surface area contributed by atoms with Gasteiger partial charge in [0, 0.05) is 0 Å². The van der Waals surface area contributed by atoms with Gasteiger partial charge in [0.2, 0.25) is 0 Å². The quantitative estimate of drug-likeness (QED) is 0.480. The Kier molecular flexibility index (Phi) is 0.970. The second kappa shape index (κ2) is 1.49. The van der Waals surface area contributed by atoms with Gasteiger partial charge in [0.1, 0.15) is 0 Å². The van der Waals surface area contributed by atoms with Crippen LogP contribution in [0.3, 0.4) is 0 Å². The number of allylic oxidation sites excluding steroid dienone is 2. The van der Waals surface area contributed by atoms with Crippen LogP contribution < -0.4 is 0 Å². The molecule has 0 unspecified atom stereocenters. The van der Waals surface area contributed by atoms with Gasteiger partial charge in [-0.05, 0) is 25.3 Å². The van der Waals surface area contributed by atoms with E-state index in [1.807, 2.05) is 6.08 Å². The third kappa shape index (κ3) is 0.710. The Hall–Kier alpha value is -0.590. The molecule has 0 aliphatic heterocycles. The van der Waals surface area contributed by atoms with Gasteiger partial charge in [0.15, 0.2) is 5.78 Å². The highest BCUT2D eigenvalue weighted by molar-refractivity contribution is 5.94. The van der Waals surface area contributed by atoms with E-state index in [2.05, 4.69) is 0 Å². The molecule has 0 saturated carbocycles. The van der Waals surface area contributed by atoms with Gasteiger partial charge >= 0.3 is 0 Å². The first kappa shape index (κ1) is 4.57. The Morgan fingerprint density at radius 2 is 2.43 bits per heavy atom. The molecule has 0 amide bonds. The van der Waals surface area contributed by atoms with E-state index in [0.29, 0.717) is 0 Å². The zero-order valence-corrected chi connectivity index (χ0v) is 4.40. The monoisotopic (exact) mass is 96.1 g/mol. The molecule has 0 saturated heterocycles. The third-order valence-corrected chi connectivity index (χ3v) is 1.26. The topological polar surface area (TPSA) is 17.1 Å². The minimum atomic E-state index is 0.242. The van der Waals surface area contributed by atoms with Crippen LogP contribution in [0.15, 0.2) is 11.6 Å². The van der Waals surface area contributed by atoms with Crippen LogP contribution >= 0.6 is 0 Å². The summed E-state index contributed by atoms with van der Waals surface area (Å²) < 4.78 is 0. The second-order valence-electron chi connectivity index (χ2n) is 1.82. The molecule has 38 valence electrons. The summed E-state index contributed by atoms with van der Waals surface area (Å²) in [5.41, 5.74) is 1.01. The minimum absolute atomic E-state index is 0.242. The summed E-state index contributed by atoms with van der Waals surface area (Å²) in [6.07, 6.45) is 4.10. The number of carbonyl (C=O) groups excluding carboxylic acids is 1. The van der Waals surface area contributed by atoms with Crippen molar-refractivity contribution in [2.75, 3.05) is 0 Å². The number of carbonyl (C=O) groups is 1. The predicted octanol–water partition coefficient (Wildman–Crippen LogP) is 1.30. The van der Waals surface area contributed by atoms with Gasteiger partial charge in [-0.1, -0.05) is 6.08 Å². The van der Waals surface area contributed by atoms with E-state index in [4.69, 9.17) is 0 Å². The van der Waals surface area contributed by atoms with Crippen LogP contribution in [0.4, 0.5) is 0 Å². The summed E-state index contributed by atoms with van der Waals surface area (Å²) in [4.78, 5) is 10.4. The van der Waals surface area contributed by atoms with E-state index in [1.54, 1.807) is 6.92 Å². The van der Waals surface area contributed by atoms with E-state index in [9.17, 15) is 4.79 Å². The molecule has 0 heterocycles. The molecule has 0 spiro atoms. The molecule has 1 nitrogen and oxygen atoms in total. The van der Waals surface area contributed by atoms with Crippen molar-refractivity contribution in [3.8, 4) is 0 Å². The van der Waals surface area contributed by atoms with Crippen molar-refractivity contribution in [3.63, 3.8) is 0 Å². The SMILES string of the molecule is CC(=O)C1=CCC1. The van der Waals surface area contributed by atoms with Crippen molar-refractivity contribution in [2.24, 2.45) is 0 Å². The average Bonchev–Trinajstić information content (AvgIpc) is 1.23. The molecule has 1 aliphatic rings. The predicted molar refractivity (Wildman–Crippen MR) is 28.0 cm³/mol. The highest BCUT2D eigenvalue weighted by atomic mass is 16.1. The minimum Gasteiger partial charge on any atom is -0.295 e. The van der Waals surface area contributed by atoms with E-state index >= 15 is 0 Å². The molecule has 1 aliphatic carbocycles. The summed E-state index contributed by atoms with van der Waals surface area (Å²) in [6.45, 7) is 1.62. The van der Waals surface area contributed by atoms with Crippen molar-refractivity contribution < 1.29 is 4.79 Å². The Morgan fingerprint density at radius 3 is 2.43 bits per heavy atom. The lowest BCUT2D eigenvalue weighted by Crippen LogP contribution is -2.02. The molecule has 0 atom stereocenters. The van der Waals surface area contributed by atoms with Gasteiger partial charge in [-0.2, -0.15) is 0 Å². The molecular formula is C6H8O. The Bertz CT molecular complexity index is 122. The highest BCUT2D eigenvalue weighted by Crippen LogP contribution is 2.17. The zero-order valence-electron chi connectivity index (χ0n) is 4.40. The van der Waals surface area contributed by atoms with Gasteiger partial charge in [-0.25, -0.2) is 0 Å². The Labute approximate surface area is 43.0 Å². The smallest absolute Gasteiger partial charge is 0.155 e. The summed E-state index contributed by atoms with van der Waals surface area (Å²) in [5, 5.41) is 0. The van der Waals surface area contributed by atoms with Crippen LogP contribution in [0.1, 0.15) is 19.8 Å². The molecule has 1 rings (SSSR count). The fourth-order valence-electron chi connectivity index (χ4n) is 0.608. The lowest BCUT2D eigenvalue weighted by molar-refractivity contribution is -0.114. The number of hydrogen-bond donors (Lipinski definition) is 0. The van der Waals surface area contributed by atoms with Crippen LogP contribution in [0.2, 0.25) is 0 Å². The molecule has 0 aromatic rings. The van der Waals surface area contributed by atoms with E-state index in [-0.39, 0.29) is 5.78 Å². The van der Waals surface area contributed by atoms with Crippen LogP contribution in [0.25, 0.3) is 0 Å². The maximum absolute atomic E-state index is 10.4. The zero-order chi connectivity index (χ0) is 5.28. The molecule has 1 heteroatoms. The van der Waals surface area contributed by atoms with Crippen molar-refractivity contribution in [1.82, 2.24) is 0 Å². The normalized spacial score (nSPS) is 17.6. The maximum Gasteiger partial charge on any atom is 0.155 e. The van der Waals surface area contributed by atoms with Crippen molar-refractivity contribution in [1.29, 1.82) is 0 Å². The Balaban J connectivity index is 2.57. The molecule has 0 aromatic heterocycles. The largest absolute Gasteiger partial charge is 0.295 e. The lowest BCUT2D eigenvalue weighted by Gasteiger charge is -2.08. The highest BCUT2D eigenvalue weighted by Gasteiger charge is 2.08. The van der Waals surface area contributed by atoms with Crippen LogP contribution in [0, 0.1) is 0 Å². The summed E-state index contributed by atoms with van der Waals surface area (Å²) in [5.74, 6) is 0.242. The summed E-state index contributed by atoms with van der Waals surface area (Å²) in [7, 11) is 0. The van der Waals surface area contributed by atoms with E-state index in [1.165, 1.54) is 0 Å². The molecular weight excluding hydrogens is 88.1 g/mol. The van der Waals surface area contributed by atoms with Crippen molar-refractivity contribution in [2.45, 2.75) is 19.8 Å². The number of ketones is 1. The van der Waals surface area contributed by atoms with Gasteiger partial charge in [0.25, 0.3) is 0 Å². The van der Waals surface area contributed by atoms with Gasteiger partial charge in [-0.3, -0.25) is 4.79 Å². The van der Waals surface area contributed by atoms with Gasteiger partial charge in [0.05, 0.1) is 0 Å². The molecule has 0 fully saturated rings. The summed E-state index contributed by atoms with van der Waals surface area (Å²) >= 11 is 0. The Morgan fingerprint density at radius 1 is 1.86 bits per heavy atom. The number of hydrogen-bond acceptors (Lipinski definition) is 1. The van der Waals surface area contributed by atoms with Gasteiger partial charge < -0.3 is 0 Å². The molecule has 0 radical (unpaired) electrons. The maximum atomic E-state index is 10.4. The third-order valence-electron chi connectivity index (χ3n) is 1.26. The molecule has 0 bridgehead atoms. The molecule has 0 N–H and O–H groups in total.